The number of thioether (sulfide) groups is 2. The Morgan fingerprint density at radius 1 is 1.16 bits per heavy atom. The third-order valence-corrected chi connectivity index (χ3v) is 8.44. The highest BCUT2D eigenvalue weighted by Crippen LogP contribution is 2.24. The molecule has 1 aliphatic heterocycles. The summed E-state index contributed by atoms with van der Waals surface area (Å²) in [6.45, 7) is 12.5. The summed E-state index contributed by atoms with van der Waals surface area (Å²) < 4.78 is 5.36. The Kier molecular flexibility index (Phi) is 26.0. The van der Waals surface area contributed by atoms with Crippen LogP contribution in [-0.2, 0) is 30.5 Å². The number of amides is 2. The van der Waals surface area contributed by atoms with Crippen LogP contribution in [0.3, 0.4) is 0 Å². The third kappa shape index (κ3) is 21.2. The number of ether oxygens (including phenoxy) is 1. The minimum Gasteiger partial charge on any atom is -0.456 e. The molecule has 0 bridgehead atoms. The Morgan fingerprint density at radius 2 is 1.88 bits per heavy atom. The van der Waals surface area contributed by atoms with Crippen LogP contribution >= 0.6 is 34.9 Å². The fourth-order valence-corrected chi connectivity index (χ4v) is 6.00. The van der Waals surface area contributed by atoms with Crippen molar-refractivity contribution in [2.75, 3.05) is 18.1 Å². The van der Waals surface area contributed by atoms with E-state index in [2.05, 4.69) is 48.3 Å². The van der Waals surface area contributed by atoms with Gasteiger partial charge in [0.25, 0.3) is 0 Å². The Labute approximate surface area is 271 Å². The number of nitrogens with one attached hydrogen (secondary N) is 2. The van der Waals surface area contributed by atoms with E-state index in [0.29, 0.717) is 25.0 Å². The molecule has 244 valence electrons. The van der Waals surface area contributed by atoms with Crippen LogP contribution in [0.2, 0.25) is 0 Å². The van der Waals surface area contributed by atoms with Crippen molar-refractivity contribution in [3.63, 3.8) is 0 Å². The van der Waals surface area contributed by atoms with E-state index in [0.717, 1.165) is 34.3 Å². The molecule has 0 saturated carbocycles. The summed E-state index contributed by atoms with van der Waals surface area (Å²) in [5.74, 6) is 0.643. The van der Waals surface area contributed by atoms with Gasteiger partial charge in [-0.2, -0.15) is 0 Å². The van der Waals surface area contributed by atoms with Crippen molar-refractivity contribution in [2.24, 2.45) is 4.99 Å². The number of thiazole rings is 1. The van der Waals surface area contributed by atoms with Gasteiger partial charge in [0.05, 0.1) is 19.0 Å². The Morgan fingerprint density at radius 3 is 2.53 bits per heavy atom. The van der Waals surface area contributed by atoms with Crippen LogP contribution in [0.1, 0.15) is 110 Å². The predicted molar refractivity (Wildman–Crippen MR) is 183 cm³/mol. The zero-order valence-corrected chi connectivity index (χ0v) is 29.3. The van der Waals surface area contributed by atoms with Crippen LogP contribution in [0.25, 0.3) is 0 Å². The summed E-state index contributed by atoms with van der Waals surface area (Å²) in [5, 5.41) is 8.91. The first-order valence-corrected chi connectivity index (χ1v) is 18.3. The summed E-state index contributed by atoms with van der Waals surface area (Å²) in [5.41, 5.74) is 0.832. The number of nitrogens with zero attached hydrogens (tertiary/aromatic N) is 2. The SMILES string of the molecule is CC.CCC.CCCCCCCC(=O)SCC/C=C/[C@H](CC(=O)NCc1nc(C2=N[C@@H](C)CS2)cs1)OC(=O)CNC=O. The Balaban J connectivity index is 0.00000331. The second kappa shape index (κ2) is 27.4. The number of aliphatic imine (C=N–C) groups is 1. The molecule has 12 heteroatoms. The normalized spacial score (nSPS) is 14.5. The molecule has 2 amide bonds. The molecule has 1 aromatic heterocycles. The van der Waals surface area contributed by atoms with E-state index in [4.69, 9.17) is 4.74 Å². The molecule has 2 atom stereocenters. The maximum Gasteiger partial charge on any atom is 0.326 e. The number of rotatable bonds is 19. The standard InChI is InChI=1S/C26H38N4O5S3.C3H8.C2H6/c1-3-4-5-6-7-11-25(34)36-12-9-8-10-20(35-24(33)15-27-18-31)13-22(32)28-14-23-30-21(17-37-23)26-29-19(2)16-38-26;1-3-2;1-2/h8,10,17-20H,3-7,9,11-16H2,1-2H3,(H,27,31)(H,28,32);3H2,1-2H3;1-2H3/b10-8+;;/t19-,20+;;/m0../s1. The highest BCUT2D eigenvalue weighted by atomic mass is 32.2. The summed E-state index contributed by atoms with van der Waals surface area (Å²) >= 11 is 4.45. The summed E-state index contributed by atoms with van der Waals surface area (Å²) in [6, 6.07) is 0.286. The van der Waals surface area contributed by atoms with Crippen molar-refractivity contribution in [1.29, 1.82) is 0 Å². The highest BCUT2D eigenvalue weighted by Gasteiger charge is 2.19. The quantitative estimate of drug-likeness (QED) is 0.0729. The van der Waals surface area contributed by atoms with Crippen LogP contribution in [0, 0.1) is 0 Å². The molecule has 2 rings (SSSR count). The lowest BCUT2D eigenvalue weighted by Gasteiger charge is -2.14. The van der Waals surface area contributed by atoms with Gasteiger partial charge in [0, 0.05) is 23.3 Å². The predicted octanol–water partition coefficient (Wildman–Crippen LogP) is 6.70. The molecule has 0 unspecified atom stereocenters. The van der Waals surface area contributed by atoms with Crippen molar-refractivity contribution in [1.82, 2.24) is 15.6 Å². The van der Waals surface area contributed by atoms with Gasteiger partial charge in [-0.05, 0) is 25.8 Å². The molecule has 2 heterocycles. The van der Waals surface area contributed by atoms with Gasteiger partial charge < -0.3 is 15.4 Å². The molecule has 0 saturated heterocycles. The average molecular weight is 657 g/mol. The summed E-state index contributed by atoms with van der Waals surface area (Å²) in [6.07, 6.45) is 11.1. The molecule has 9 nitrogen and oxygen atoms in total. The molecule has 0 aromatic carbocycles. The van der Waals surface area contributed by atoms with Gasteiger partial charge >= 0.3 is 5.97 Å². The Bertz CT molecular complexity index is 984. The largest absolute Gasteiger partial charge is 0.456 e. The van der Waals surface area contributed by atoms with Crippen LogP contribution in [0.5, 0.6) is 0 Å². The summed E-state index contributed by atoms with van der Waals surface area (Å²) in [4.78, 5) is 56.2. The van der Waals surface area contributed by atoms with Gasteiger partial charge in [-0.3, -0.25) is 24.2 Å². The molecule has 0 fully saturated rings. The molecular formula is C31H52N4O5S3. The molecule has 1 aliphatic rings. The minimum atomic E-state index is -0.784. The zero-order chi connectivity index (χ0) is 32.3. The number of esters is 1. The highest BCUT2D eigenvalue weighted by molar-refractivity contribution is 8.14. The number of hydrogen-bond donors (Lipinski definition) is 2. The third-order valence-electron chi connectivity index (χ3n) is 5.39. The van der Waals surface area contributed by atoms with Gasteiger partial charge in [0.15, 0.2) is 5.12 Å². The number of carbonyl (C=O) groups excluding carboxylic acids is 4. The van der Waals surface area contributed by atoms with Crippen LogP contribution in [0.15, 0.2) is 22.5 Å². The molecule has 0 spiro atoms. The van der Waals surface area contributed by atoms with Gasteiger partial charge in [-0.25, -0.2) is 4.98 Å². The second-order valence-electron chi connectivity index (χ2n) is 9.54. The minimum absolute atomic E-state index is 0.0640. The smallest absolute Gasteiger partial charge is 0.326 e. The first-order chi connectivity index (χ1) is 20.8. The lowest BCUT2D eigenvalue weighted by molar-refractivity contribution is -0.147. The van der Waals surface area contributed by atoms with E-state index < -0.39 is 12.1 Å². The van der Waals surface area contributed by atoms with Gasteiger partial charge in [-0.1, -0.05) is 84.6 Å². The van der Waals surface area contributed by atoms with Gasteiger partial charge in [0.1, 0.15) is 28.4 Å². The van der Waals surface area contributed by atoms with E-state index in [1.807, 2.05) is 25.3 Å². The molecule has 2 N–H and O–H groups in total. The topological polar surface area (TPSA) is 127 Å². The van der Waals surface area contributed by atoms with E-state index in [-0.39, 0.29) is 36.6 Å². The fraction of sp³-hybridized carbons (Fsp3) is 0.677. The van der Waals surface area contributed by atoms with Crippen LogP contribution in [0.4, 0.5) is 0 Å². The Hall–Kier alpha value is -2.18. The molecule has 0 radical (unpaired) electrons. The number of unbranched alkanes of at least 4 members (excludes halogenated alkanes) is 4. The lowest BCUT2D eigenvalue weighted by Crippen LogP contribution is -2.31. The second-order valence-corrected chi connectivity index (χ2v) is 12.6. The number of allylic oxidation sites excluding steroid dienone is 1. The molecular weight excluding hydrogens is 605 g/mol. The van der Waals surface area contributed by atoms with E-state index in [9.17, 15) is 19.2 Å². The van der Waals surface area contributed by atoms with E-state index >= 15 is 0 Å². The molecule has 1 aromatic rings. The molecule has 43 heavy (non-hydrogen) atoms. The van der Waals surface area contributed by atoms with Crippen LogP contribution < -0.4 is 10.6 Å². The average Bonchev–Trinajstić information content (AvgIpc) is 3.65. The van der Waals surface area contributed by atoms with Crippen molar-refractivity contribution in [3.8, 4) is 0 Å². The van der Waals surface area contributed by atoms with E-state index in [1.54, 1.807) is 17.8 Å². The number of aromatic nitrogens is 1. The van der Waals surface area contributed by atoms with Gasteiger partial charge in [0.2, 0.25) is 12.3 Å². The van der Waals surface area contributed by atoms with Crippen molar-refractivity contribution >= 4 is 63.3 Å². The van der Waals surface area contributed by atoms with Crippen molar-refractivity contribution < 1.29 is 23.9 Å². The summed E-state index contributed by atoms with van der Waals surface area (Å²) in [7, 11) is 0. The molecule has 0 aliphatic carbocycles. The maximum absolute atomic E-state index is 12.6. The van der Waals surface area contributed by atoms with Crippen LogP contribution in [-0.4, -0.2) is 63.6 Å². The monoisotopic (exact) mass is 656 g/mol. The van der Waals surface area contributed by atoms with Gasteiger partial charge in [-0.15, -0.1) is 23.1 Å². The lowest BCUT2D eigenvalue weighted by atomic mass is 10.1. The van der Waals surface area contributed by atoms with Crippen molar-refractivity contribution in [2.45, 2.75) is 118 Å². The first kappa shape index (κ1) is 40.8. The number of carbonyl (C=O) groups is 4. The maximum atomic E-state index is 12.6. The van der Waals surface area contributed by atoms with Crippen molar-refractivity contribution in [3.05, 3.63) is 28.2 Å². The number of hydrogen-bond acceptors (Lipinski definition) is 10. The first-order valence-electron chi connectivity index (χ1n) is 15.4. The van der Waals surface area contributed by atoms with E-state index in [1.165, 1.54) is 48.8 Å². The fourth-order valence-electron chi connectivity index (χ4n) is 3.45. The zero-order valence-electron chi connectivity index (χ0n) is 26.8.